The van der Waals surface area contributed by atoms with Crippen molar-refractivity contribution in [1.29, 1.82) is 0 Å². The maximum Gasteiger partial charge on any atom is 0.255 e. The van der Waals surface area contributed by atoms with Crippen molar-refractivity contribution in [1.82, 2.24) is 0 Å². The molecule has 0 aliphatic rings. The molecule has 3 N–H and O–H groups in total. The van der Waals surface area contributed by atoms with Gasteiger partial charge in [-0.1, -0.05) is 24.3 Å². The number of hydrogen-bond donors (Lipinski definition) is 2. The summed E-state index contributed by atoms with van der Waals surface area (Å²) in [5.74, 6) is -0.315. The zero-order chi connectivity index (χ0) is 18.7. The topological polar surface area (TPSA) is 89.3 Å². The van der Waals surface area contributed by atoms with Crippen LogP contribution >= 0.6 is 12.4 Å². The predicted octanol–water partition coefficient (Wildman–Crippen LogP) is 3.53. The number of carbonyl (C=O) groups is 1. The van der Waals surface area contributed by atoms with Gasteiger partial charge in [0.1, 0.15) is 0 Å². The van der Waals surface area contributed by atoms with Gasteiger partial charge < -0.3 is 11.1 Å². The summed E-state index contributed by atoms with van der Waals surface area (Å²) in [6.07, 6.45) is 0. The lowest BCUT2D eigenvalue weighted by molar-refractivity contribution is 0.102. The van der Waals surface area contributed by atoms with Crippen molar-refractivity contribution in [2.24, 2.45) is 5.73 Å². The van der Waals surface area contributed by atoms with Gasteiger partial charge in [-0.05, 0) is 56.2 Å². The highest BCUT2D eigenvalue weighted by molar-refractivity contribution is 7.91. The standard InChI is InChI=1S/C19H24N2O3S.ClH/c1-19(2,3)25(23,24)13-15-5-4-6-17(11-15)21-18(22)16-9-7-14(12-20)8-10-16;/h4-11H,12-13,20H2,1-3H3,(H,21,22);1H. The molecule has 0 saturated carbocycles. The molecule has 0 saturated heterocycles. The van der Waals surface area contributed by atoms with Crippen LogP contribution in [0.15, 0.2) is 48.5 Å². The molecule has 0 radical (unpaired) electrons. The van der Waals surface area contributed by atoms with E-state index in [0.717, 1.165) is 5.56 Å². The molecule has 7 heteroatoms. The first-order chi connectivity index (χ1) is 11.6. The van der Waals surface area contributed by atoms with Crippen LogP contribution in [0.4, 0.5) is 5.69 Å². The van der Waals surface area contributed by atoms with E-state index in [9.17, 15) is 13.2 Å². The number of anilines is 1. The first kappa shape index (κ1) is 22.2. The normalized spacial score (nSPS) is 11.5. The van der Waals surface area contributed by atoms with Gasteiger partial charge >= 0.3 is 0 Å². The van der Waals surface area contributed by atoms with Gasteiger partial charge in [0.2, 0.25) is 0 Å². The number of amides is 1. The van der Waals surface area contributed by atoms with Gasteiger partial charge in [0.05, 0.1) is 10.5 Å². The quantitative estimate of drug-likeness (QED) is 0.808. The Balaban J connectivity index is 0.00000338. The van der Waals surface area contributed by atoms with Gasteiger partial charge in [0.15, 0.2) is 9.84 Å². The minimum Gasteiger partial charge on any atom is -0.326 e. The lowest BCUT2D eigenvalue weighted by Gasteiger charge is -2.19. The van der Waals surface area contributed by atoms with E-state index in [1.807, 2.05) is 0 Å². The Morgan fingerprint density at radius 1 is 1.04 bits per heavy atom. The van der Waals surface area contributed by atoms with E-state index in [2.05, 4.69) is 5.32 Å². The number of carbonyl (C=O) groups excluding carboxylic acids is 1. The summed E-state index contributed by atoms with van der Waals surface area (Å²) in [5.41, 5.74) is 8.22. The summed E-state index contributed by atoms with van der Waals surface area (Å²) in [6, 6.07) is 13.9. The third kappa shape index (κ3) is 5.56. The van der Waals surface area contributed by atoms with Crippen LogP contribution in [0.1, 0.15) is 42.3 Å². The van der Waals surface area contributed by atoms with Crippen LogP contribution in [0.2, 0.25) is 0 Å². The number of nitrogens with two attached hydrogens (primary N) is 1. The number of nitrogens with one attached hydrogen (secondary N) is 1. The average Bonchev–Trinajstić information content (AvgIpc) is 2.53. The third-order valence-electron chi connectivity index (χ3n) is 3.93. The second kappa shape index (κ2) is 8.66. The lowest BCUT2D eigenvalue weighted by atomic mass is 10.1. The fraction of sp³-hybridized carbons (Fsp3) is 0.316. The van der Waals surface area contributed by atoms with Crippen molar-refractivity contribution < 1.29 is 13.2 Å². The molecule has 2 aromatic carbocycles. The van der Waals surface area contributed by atoms with E-state index in [1.54, 1.807) is 69.3 Å². The Morgan fingerprint density at radius 3 is 2.19 bits per heavy atom. The van der Waals surface area contributed by atoms with Crippen LogP contribution in [0.5, 0.6) is 0 Å². The minimum absolute atomic E-state index is 0. The van der Waals surface area contributed by atoms with Crippen LogP contribution in [0.25, 0.3) is 0 Å². The molecule has 2 rings (SSSR count). The van der Waals surface area contributed by atoms with E-state index in [4.69, 9.17) is 5.73 Å². The van der Waals surface area contributed by atoms with E-state index in [-0.39, 0.29) is 24.1 Å². The predicted molar refractivity (Wildman–Crippen MR) is 108 cm³/mol. The Kier molecular flexibility index (Phi) is 7.38. The minimum atomic E-state index is -3.28. The first-order valence-corrected chi connectivity index (χ1v) is 9.69. The zero-order valence-electron chi connectivity index (χ0n) is 15.2. The van der Waals surface area contributed by atoms with Gasteiger partial charge in [-0.3, -0.25) is 4.79 Å². The second-order valence-corrected chi connectivity index (χ2v) is 9.67. The van der Waals surface area contributed by atoms with Crippen molar-refractivity contribution in [2.75, 3.05) is 5.32 Å². The summed E-state index contributed by atoms with van der Waals surface area (Å²) >= 11 is 0. The van der Waals surface area contributed by atoms with E-state index >= 15 is 0 Å². The van der Waals surface area contributed by atoms with Gasteiger partial charge in [-0.25, -0.2) is 8.42 Å². The molecule has 1 amide bonds. The highest BCUT2D eigenvalue weighted by Crippen LogP contribution is 2.22. The maximum atomic E-state index is 12.3. The molecule has 0 aliphatic heterocycles. The van der Waals surface area contributed by atoms with Crippen LogP contribution in [0, 0.1) is 0 Å². The first-order valence-electron chi connectivity index (χ1n) is 8.04. The lowest BCUT2D eigenvalue weighted by Crippen LogP contribution is -2.29. The average molecular weight is 397 g/mol. The van der Waals surface area contributed by atoms with Gasteiger partial charge in [0, 0.05) is 17.8 Å². The van der Waals surface area contributed by atoms with Crippen LogP contribution in [0.3, 0.4) is 0 Å². The van der Waals surface area contributed by atoms with Crippen LogP contribution in [-0.2, 0) is 22.1 Å². The summed E-state index contributed by atoms with van der Waals surface area (Å²) in [5, 5.41) is 2.80. The Morgan fingerprint density at radius 2 is 1.65 bits per heavy atom. The zero-order valence-corrected chi connectivity index (χ0v) is 16.8. The molecule has 5 nitrogen and oxygen atoms in total. The number of hydrogen-bond acceptors (Lipinski definition) is 4. The molecule has 0 atom stereocenters. The SMILES string of the molecule is CC(C)(C)S(=O)(=O)Cc1cccc(NC(=O)c2ccc(CN)cc2)c1.Cl. The molecule has 0 aromatic heterocycles. The highest BCUT2D eigenvalue weighted by atomic mass is 35.5. The monoisotopic (exact) mass is 396 g/mol. The molecule has 142 valence electrons. The van der Waals surface area contributed by atoms with E-state index in [0.29, 0.717) is 23.4 Å². The fourth-order valence-electron chi connectivity index (χ4n) is 2.17. The Labute approximate surface area is 161 Å². The van der Waals surface area contributed by atoms with E-state index in [1.165, 1.54) is 0 Å². The smallest absolute Gasteiger partial charge is 0.255 e. The summed E-state index contributed by atoms with van der Waals surface area (Å²) in [4.78, 5) is 12.3. The van der Waals surface area contributed by atoms with Crippen molar-refractivity contribution >= 4 is 33.8 Å². The molecule has 0 aliphatic carbocycles. The van der Waals surface area contributed by atoms with E-state index < -0.39 is 14.6 Å². The maximum absolute atomic E-state index is 12.3. The molecule has 0 heterocycles. The van der Waals surface area contributed by atoms with Crippen molar-refractivity contribution in [2.45, 2.75) is 37.8 Å². The summed E-state index contributed by atoms with van der Waals surface area (Å²) < 4.78 is 23.9. The fourth-order valence-corrected chi connectivity index (χ4v) is 3.22. The highest BCUT2D eigenvalue weighted by Gasteiger charge is 2.29. The molecule has 0 unspecified atom stereocenters. The molecule has 0 spiro atoms. The number of sulfone groups is 1. The Hall–Kier alpha value is -1.89. The molecular weight excluding hydrogens is 372 g/mol. The molecule has 0 bridgehead atoms. The van der Waals surface area contributed by atoms with Gasteiger partial charge in [0.25, 0.3) is 5.91 Å². The number of rotatable bonds is 5. The van der Waals surface area contributed by atoms with Gasteiger partial charge in [-0.2, -0.15) is 0 Å². The summed E-state index contributed by atoms with van der Waals surface area (Å²) in [6.45, 7) is 5.46. The molecular formula is C19H25ClN2O3S. The van der Waals surface area contributed by atoms with Crippen LogP contribution < -0.4 is 11.1 Å². The molecule has 2 aromatic rings. The molecule has 0 fully saturated rings. The largest absolute Gasteiger partial charge is 0.326 e. The molecule has 26 heavy (non-hydrogen) atoms. The summed E-state index contributed by atoms with van der Waals surface area (Å²) in [7, 11) is -3.28. The Bertz CT molecular complexity index is 857. The number of benzene rings is 2. The second-order valence-electron chi connectivity index (χ2n) is 6.93. The van der Waals surface area contributed by atoms with Crippen molar-refractivity contribution in [3.8, 4) is 0 Å². The number of halogens is 1. The third-order valence-corrected chi connectivity index (χ3v) is 6.51. The van der Waals surface area contributed by atoms with Crippen molar-refractivity contribution in [3.63, 3.8) is 0 Å². The van der Waals surface area contributed by atoms with Gasteiger partial charge in [-0.15, -0.1) is 12.4 Å². The van der Waals surface area contributed by atoms with Crippen LogP contribution in [-0.4, -0.2) is 19.1 Å². The van der Waals surface area contributed by atoms with Crippen molar-refractivity contribution in [3.05, 3.63) is 65.2 Å².